The number of hydrogen-bond acceptors (Lipinski definition) is 5. The van der Waals surface area contributed by atoms with E-state index in [0.717, 1.165) is 11.1 Å². The highest BCUT2D eigenvalue weighted by Crippen LogP contribution is 2.32. The van der Waals surface area contributed by atoms with Crippen LogP contribution < -0.4 is 4.74 Å². The molecule has 5 heteroatoms. The minimum Gasteiger partial charge on any atom is -0.480 e. The largest absolute Gasteiger partial charge is 0.480 e. The summed E-state index contributed by atoms with van der Waals surface area (Å²) >= 11 is 0. The summed E-state index contributed by atoms with van der Waals surface area (Å²) in [5, 5.41) is 13.6. The van der Waals surface area contributed by atoms with Crippen molar-refractivity contribution in [2.75, 3.05) is 0 Å². The van der Waals surface area contributed by atoms with Gasteiger partial charge in [-0.2, -0.15) is 5.26 Å². The summed E-state index contributed by atoms with van der Waals surface area (Å²) in [6, 6.07) is 11.1. The zero-order chi connectivity index (χ0) is 13.2. The summed E-state index contributed by atoms with van der Waals surface area (Å²) in [5.74, 6) is 1.20. The van der Waals surface area contributed by atoms with Crippen LogP contribution in [0.5, 0.6) is 5.75 Å². The molecule has 0 amide bonds. The van der Waals surface area contributed by atoms with Crippen LogP contribution in [0, 0.1) is 18.3 Å². The van der Waals surface area contributed by atoms with Gasteiger partial charge in [0.05, 0.1) is 11.1 Å². The molecular weight excluding hydrogens is 244 g/mol. The molecule has 0 aliphatic rings. The predicted molar refractivity (Wildman–Crippen MR) is 66.5 cm³/mol. The Labute approximate surface area is 109 Å². The molecule has 0 spiro atoms. The second kappa shape index (κ2) is 4.50. The van der Waals surface area contributed by atoms with Crippen molar-refractivity contribution in [3.05, 3.63) is 47.5 Å². The number of nitrogens with zero attached hydrogens (tertiary/aromatic N) is 2. The van der Waals surface area contributed by atoms with E-state index in [1.54, 1.807) is 12.1 Å². The maximum Gasteiger partial charge on any atom is 0.246 e. The van der Waals surface area contributed by atoms with E-state index in [0.29, 0.717) is 17.1 Å². The molecule has 0 aliphatic carbocycles. The van der Waals surface area contributed by atoms with Crippen LogP contribution in [0.4, 0.5) is 0 Å². The highest BCUT2D eigenvalue weighted by Gasteiger charge is 2.15. The highest BCUT2D eigenvalue weighted by atomic mass is 16.5. The first-order valence-electron chi connectivity index (χ1n) is 5.74. The molecule has 0 atom stereocenters. The van der Waals surface area contributed by atoms with E-state index in [1.165, 1.54) is 0 Å². The lowest BCUT2D eigenvalue weighted by Crippen LogP contribution is -1.94. The minimum absolute atomic E-state index is 0.164. The van der Waals surface area contributed by atoms with E-state index < -0.39 is 0 Å². The molecule has 2 aromatic heterocycles. The molecular formula is C14H10N2O3. The van der Waals surface area contributed by atoms with E-state index in [9.17, 15) is 0 Å². The summed E-state index contributed by atoms with van der Waals surface area (Å²) in [4.78, 5) is 0. The lowest BCUT2D eigenvalue weighted by molar-refractivity contribution is 0.248. The Morgan fingerprint density at radius 3 is 2.95 bits per heavy atom. The molecule has 0 bridgehead atoms. The van der Waals surface area contributed by atoms with E-state index in [1.807, 2.05) is 31.2 Å². The Kier molecular flexibility index (Phi) is 2.69. The van der Waals surface area contributed by atoms with Gasteiger partial charge in [-0.25, -0.2) is 0 Å². The van der Waals surface area contributed by atoms with E-state index in [-0.39, 0.29) is 12.4 Å². The van der Waals surface area contributed by atoms with E-state index in [2.05, 4.69) is 5.16 Å². The van der Waals surface area contributed by atoms with Gasteiger partial charge in [-0.3, -0.25) is 0 Å². The molecule has 0 N–H and O–H groups in total. The summed E-state index contributed by atoms with van der Waals surface area (Å²) in [5.41, 5.74) is 1.42. The SMILES string of the molecule is Cc1cc(COc2c(C#N)oc3ccccc23)on1. The molecule has 19 heavy (non-hydrogen) atoms. The van der Waals surface area contributed by atoms with Crippen LogP contribution in [0.15, 0.2) is 39.3 Å². The fourth-order valence-corrected chi connectivity index (χ4v) is 1.87. The average molecular weight is 254 g/mol. The Balaban J connectivity index is 1.93. The number of aryl methyl sites for hydroxylation is 1. The van der Waals surface area contributed by atoms with Crippen molar-refractivity contribution >= 4 is 11.0 Å². The zero-order valence-corrected chi connectivity index (χ0v) is 10.2. The highest BCUT2D eigenvalue weighted by molar-refractivity contribution is 5.86. The normalized spacial score (nSPS) is 10.5. The molecule has 0 unspecified atom stereocenters. The second-order valence-corrected chi connectivity index (χ2v) is 4.09. The number of ether oxygens (including phenoxy) is 1. The minimum atomic E-state index is 0.164. The van der Waals surface area contributed by atoms with Gasteiger partial charge >= 0.3 is 0 Å². The summed E-state index contributed by atoms with van der Waals surface area (Å²) in [6.07, 6.45) is 0. The van der Waals surface area contributed by atoms with Crippen LogP contribution in [-0.2, 0) is 6.61 Å². The standard InChI is InChI=1S/C14H10N2O3/c1-9-6-10(19-16-9)8-17-14-11-4-2-3-5-12(11)18-13(14)7-15/h2-6H,8H2,1H3. The van der Waals surface area contributed by atoms with Crippen molar-refractivity contribution in [1.29, 1.82) is 5.26 Å². The number of para-hydroxylation sites is 1. The maximum atomic E-state index is 9.06. The average Bonchev–Trinajstić information content (AvgIpc) is 2.99. The predicted octanol–water partition coefficient (Wildman–Crippen LogP) is 3.18. The Bertz CT molecular complexity index is 764. The third-order valence-corrected chi connectivity index (χ3v) is 2.69. The summed E-state index contributed by atoms with van der Waals surface area (Å²) in [7, 11) is 0. The lowest BCUT2D eigenvalue weighted by Gasteiger charge is -2.00. The third-order valence-electron chi connectivity index (χ3n) is 2.69. The van der Waals surface area contributed by atoms with Crippen LogP contribution in [0.25, 0.3) is 11.0 Å². The number of benzene rings is 1. The molecule has 3 aromatic rings. The Hall–Kier alpha value is -2.74. The molecule has 3 rings (SSSR count). The second-order valence-electron chi connectivity index (χ2n) is 4.09. The molecule has 0 fully saturated rings. The number of furan rings is 1. The molecule has 0 aliphatic heterocycles. The molecule has 5 nitrogen and oxygen atoms in total. The summed E-state index contributed by atoms with van der Waals surface area (Å²) < 4.78 is 16.1. The van der Waals surface area contributed by atoms with Crippen molar-refractivity contribution in [3.8, 4) is 11.8 Å². The molecule has 94 valence electrons. The molecule has 2 heterocycles. The van der Waals surface area contributed by atoms with E-state index in [4.69, 9.17) is 18.9 Å². The maximum absolute atomic E-state index is 9.06. The molecule has 1 aromatic carbocycles. The van der Waals surface area contributed by atoms with Crippen LogP contribution >= 0.6 is 0 Å². The van der Waals surface area contributed by atoms with Crippen molar-refractivity contribution in [3.63, 3.8) is 0 Å². The van der Waals surface area contributed by atoms with Gasteiger partial charge < -0.3 is 13.7 Å². The number of aromatic nitrogens is 1. The first kappa shape index (κ1) is 11.4. The van der Waals surface area contributed by atoms with Crippen LogP contribution in [0.1, 0.15) is 17.2 Å². The fraction of sp³-hybridized carbons (Fsp3) is 0.143. The van der Waals surface area contributed by atoms with Gasteiger partial charge in [0.1, 0.15) is 18.3 Å². The number of nitriles is 1. The quantitative estimate of drug-likeness (QED) is 0.717. The van der Waals surface area contributed by atoms with Gasteiger partial charge in [-0.05, 0) is 19.1 Å². The van der Waals surface area contributed by atoms with Gasteiger partial charge in [0.25, 0.3) is 0 Å². The lowest BCUT2D eigenvalue weighted by atomic mass is 10.2. The smallest absolute Gasteiger partial charge is 0.246 e. The van der Waals surface area contributed by atoms with Crippen molar-refractivity contribution in [2.24, 2.45) is 0 Å². The molecule has 0 saturated heterocycles. The topological polar surface area (TPSA) is 72.2 Å². The van der Waals surface area contributed by atoms with Crippen LogP contribution in [-0.4, -0.2) is 5.16 Å². The number of hydrogen-bond donors (Lipinski definition) is 0. The van der Waals surface area contributed by atoms with Crippen LogP contribution in [0.2, 0.25) is 0 Å². The number of fused-ring (bicyclic) bond motifs is 1. The van der Waals surface area contributed by atoms with Gasteiger partial charge in [0.15, 0.2) is 11.5 Å². The van der Waals surface area contributed by atoms with Gasteiger partial charge in [-0.15, -0.1) is 0 Å². The van der Waals surface area contributed by atoms with Crippen molar-refractivity contribution < 1.29 is 13.7 Å². The Morgan fingerprint density at radius 1 is 1.37 bits per heavy atom. The van der Waals surface area contributed by atoms with Crippen molar-refractivity contribution in [2.45, 2.75) is 13.5 Å². The first-order chi connectivity index (χ1) is 9.28. The van der Waals surface area contributed by atoms with Crippen LogP contribution in [0.3, 0.4) is 0 Å². The third kappa shape index (κ3) is 2.04. The molecule has 0 saturated carbocycles. The zero-order valence-electron chi connectivity index (χ0n) is 10.2. The van der Waals surface area contributed by atoms with Gasteiger partial charge in [-0.1, -0.05) is 17.3 Å². The number of rotatable bonds is 3. The molecule has 0 radical (unpaired) electrons. The monoisotopic (exact) mass is 254 g/mol. The van der Waals surface area contributed by atoms with E-state index >= 15 is 0 Å². The van der Waals surface area contributed by atoms with Gasteiger partial charge in [0, 0.05) is 6.07 Å². The first-order valence-corrected chi connectivity index (χ1v) is 5.74. The Morgan fingerprint density at radius 2 is 2.21 bits per heavy atom. The summed E-state index contributed by atoms with van der Waals surface area (Å²) in [6.45, 7) is 2.04. The van der Waals surface area contributed by atoms with Crippen molar-refractivity contribution in [1.82, 2.24) is 5.16 Å². The van der Waals surface area contributed by atoms with Gasteiger partial charge in [0.2, 0.25) is 5.76 Å². The fourth-order valence-electron chi connectivity index (χ4n) is 1.87.